The van der Waals surface area contributed by atoms with Crippen molar-refractivity contribution in [1.82, 2.24) is 4.90 Å². The predicted molar refractivity (Wildman–Crippen MR) is 48.3 cm³/mol. The number of nitrogens with zero attached hydrogens (tertiary/aromatic N) is 1. The molecule has 1 fully saturated rings. The van der Waals surface area contributed by atoms with Crippen molar-refractivity contribution in [3.8, 4) is 0 Å². The third kappa shape index (κ3) is 3.98. The monoisotopic (exact) mass is 160 g/mol. The van der Waals surface area contributed by atoms with E-state index in [-0.39, 0.29) is 7.33 Å². The molecule has 1 amide bonds. The van der Waals surface area contributed by atoms with Crippen LogP contribution in [0.3, 0.4) is 0 Å². The van der Waals surface area contributed by atoms with Gasteiger partial charge in [0.2, 0.25) is 5.91 Å². The van der Waals surface area contributed by atoms with Crippen molar-refractivity contribution in [3.63, 3.8) is 0 Å². The Morgan fingerprint density at radius 1 is 1.27 bits per heavy atom. The number of carbonyl (C=O) groups is 1. The molecular formula is C8H20N2O. The summed E-state index contributed by atoms with van der Waals surface area (Å²) in [5.74, 6) is 0.231. The number of rotatable bonds is 0. The van der Waals surface area contributed by atoms with Gasteiger partial charge in [0.05, 0.1) is 0 Å². The molecule has 0 atom stereocenters. The van der Waals surface area contributed by atoms with E-state index >= 15 is 0 Å². The molecule has 0 aromatic carbocycles. The lowest BCUT2D eigenvalue weighted by atomic mass is 10.1. The average Bonchev–Trinajstić information content (AvgIpc) is 2.10. The smallest absolute Gasteiger partial charge is 0.219 e. The summed E-state index contributed by atoms with van der Waals surface area (Å²) in [5, 5.41) is 0. The van der Waals surface area contributed by atoms with Crippen LogP contribution in [0, 0.1) is 0 Å². The Hall–Kier alpha value is -0.570. The number of carbonyl (C=O) groups excluding carboxylic acids is 1. The van der Waals surface area contributed by atoms with Crippen molar-refractivity contribution in [1.29, 1.82) is 0 Å². The fraction of sp³-hybridized carbons (Fsp3) is 0.875. The first-order chi connectivity index (χ1) is 5.30. The van der Waals surface area contributed by atoms with Crippen molar-refractivity contribution >= 4 is 5.91 Å². The largest absolute Gasteiger partial charge is 0.343 e. The van der Waals surface area contributed by atoms with Crippen LogP contribution < -0.4 is 5.73 Å². The summed E-state index contributed by atoms with van der Waals surface area (Å²) < 4.78 is 0. The molecule has 0 radical (unpaired) electrons. The number of hydrogen-bond donors (Lipinski definition) is 1. The molecule has 1 rings (SSSR count). The molecule has 1 aliphatic rings. The van der Waals surface area contributed by atoms with E-state index < -0.39 is 0 Å². The Morgan fingerprint density at radius 3 is 2.00 bits per heavy atom. The molecule has 2 N–H and O–H groups in total. The summed E-state index contributed by atoms with van der Waals surface area (Å²) in [7, 11) is 1.50. The summed E-state index contributed by atoms with van der Waals surface area (Å²) >= 11 is 0. The molecule has 0 spiro atoms. The molecule has 3 nitrogen and oxygen atoms in total. The van der Waals surface area contributed by atoms with Gasteiger partial charge >= 0.3 is 0 Å². The van der Waals surface area contributed by atoms with Crippen LogP contribution in [0.25, 0.3) is 0 Å². The number of amides is 1. The first-order valence-electron chi connectivity index (χ1n) is 4.14. The number of nitrogens with two attached hydrogens (primary N) is 1. The Morgan fingerprint density at radius 2 is 1.73 bits per heavy atom. The van der Waals surface area contributed by atoms with Gasteiger partial charge in [0.25, 0.3) is 0 Å². The van der Waals surface area contributed by atoms with Crippen LogP contribution in [0.4, 0.5) is 0 Å². The van der Waals surface area contributed by atoms with Gasteiger partial charge in [-0.25, -0.2) is 0 Å². The van der Waals surface area contributed by atoms with Gasteiger partial charge in [-0.2, -0.15) is 0 Å². The van der Waals surface area contributed by atoms with Crippen LogP contribution in [-0.4, -0.2) is 30.9 Å². The minimum absolute atomic E-state index is 0. The van der Waals surface area contributed by atoms with Crippen molar-refractivity contribution < 1.29 is 6.22 Å². The summed E-state index contributed by atoms with van der Waals surface area (Å²) in [5.41, 5.74) is 4.50. The summed E-state index contributed by atoms with van der Waals surface area (Å²) in [6.45, 7) is 3.61. The van der Waals surface area contributed by atoms with Gasteiger partial charge in [-0.3, -0.25) is 4.79 Å². The fourth-order valence-electron chi connectivity index (χ4n) is 1.21. The molecule has 0 aromatic rings. The molecular weight excluding hydrogens is 140 g/mol. The fourth-order valence-corrected chi connectivity index (χ4v) is 1.21. The van der Waals surface area contributed by atoms with Crippen LogP contribution in [-0.2, 0) is 4.79 Å². The zero-order valence-electron chi connectivity index (χ0n) is 7.47. The third-order valence-electron chi connectivity index (χ3n) is 1.80. The van der Waals surface area contributed by atoms with Gasteiger partial charge in [-0.05, 0) is 26.3 Å². The lowest BCUT2D eigenvalue weighted by Gasteiger charge is -2.24. The second-order valence-corrected chi connectivity index (χ2v) is 2.57. The molecule has 1 aliphatic heterocycles. The summed E-state index contributed by atoms with van der Waals surface area (Å²) in [6.07, 6.45) is 3.68. The number of piperidine rings is 1. The molecule has 0 aliphatic carbocycles. The van der Waals surface area contributed by atoms with Gasteiger partial charge in [0, 0.05) is 21.4 Å². The highest BCUT2D eigenvalue weighted by molar-refractivity contribution is 5.73. The van der Waals surface area contributed by atoms with E-state index in [1.165, 1.54) is 26.3 Å². The standard InChI is InChI=1S/C7H13NO.CH5N.H2/c1-7(9)8-5-3-2-4-6-8;1-2;/h2-6H2,1H3;2H2,1H3;1H. The quantitative estimate of drug-likeness (QED) is 0.571. The highest BCUT2D eigenvalue weighted by atomic mass is 16.2. The van der Waals surface area contributed by atoms with Crippen molar-refractivity contribution in [2.75, 3.05) is 20.1 Å². The summed E-state index contributed by atoms with van der Waals surface area (Å²) in [6, 6.07) is 0. The molecule has 0 aromatic heterocycles. The van der Waals surface area contributed by atoms with Crippen LogP contribution >= 0.6 is 0 Å². The molecule has 0 saturated carbocycles. The Kier molecular flexibility index (Phi) is 5.84. The molecule has 0 bridgehead atoms. The average molecular weight is 160 g/mol. The molecule has 1 heterocycles. The van der Waals surface area contributed by atoms with Crippen molar-refractivity contribution in [2.45, 2.75) is 26.2 Å². The van der Waals surface area contributed by atoms with Crippen LogP contribution in [0.1, 0.15) is 27.6 Å². The molecule has 11 heavy (non-hydrogen) atoms. The Labute approximate surface area is 70.0 Å². The maximum Gasteiger partial charge on any atom is 0.219 e. The highest BCUT2D eigenvalue weighted by Gasteiger charge is 2.10. The van der Waals surface area contributed by atoms with Gasteiger partial charge in [0.15, 0.2) is 0 Å². The van der Waals surface area contributed by atoms with Gasteiger partial charge < -0.3 is 10.6 Å². The lowest BCUT2D eigenvalue weighted by molar-refractivity contribution is -0.129. The zero-order chi connectivity index (χ0) is 8.69. The maximum atomic E-state index is 10.7. The van der Waals surface area contributed by atoms with Gasteiger partial charge in [-0.1, -0.05) is 0 Å². The highest BCUT2D eigenvalue weighted by Crippen LogP contribution is 2.07. The van der Waals surface area contributed by atoms with Gasteiger partial charge in [-0.15, -0.1) is 0 Å². The van der Waals surface area contributed by atoms with E-state index in [2.05, 4.69) is 5.73 Å². The minimum atomic E-state index is 0. The van der Waals surface area contributed by atoms with Crippen LogP contribution in [0.15, 0.2) is 0 Å². The van der Waals surface area contributed by atoms with E-state index in [9.17, 15) is 4.79 Å². The molecule has 1 saturated heterocycles. The molecule has 0 unspecified atom stereocenters. The minimum Gasteiger partial charge on any atom is -0.343 e. The first-order valence-corrected chi connectivity index (χ1v) is 4.14. The molecule has 68 valence electrons. The second kappa shape index (κ2) is 6.16. The second-order valence-electron chi connectivity index (χ2n) is 2.57. The maximum absolute atomic E-state index is 10.7. The zero-order valence-corrected chi connectivity index (χ0v) is 7.47. The van der Waals surface area contributed by atoms with Gasteiger partial charge in [0.1, 0.15) is 0 Å². The van der Waals surface area contributed by atoms with E-state index in [0.717, 1.165) is 13.1 Å². The van der Waals surface area contributed by atoms with Crippen LogP contribution in [0.5, 0.6) is 0 Å². The number of likely N-dealkylation sites (tertiary alicyclic amines) is 1. The Bertz CT molecular complexity index is 114. The third-order valence-corrected chi connectivity index (χ3v) is 1.80. The Balaban J connectivity index is 0. The topological polar surface area (TPSA) is 46.3 Å². The first kappa shape index (κ1) is 10.4. The van der Waals surface area contributed by atoms with E-state index in [1.54, 1.807) is 6.92 Å². The molecule has 3 heteroatoms. The lowest BCUT2D eigenvalue weighted by Crippen LogP contribution is -2.33. The predicted octanol–water partition coefficient (Wildman–Crippen LogP) is 0.840. The van der Waals surface area contributed by atoms with Crippen LogP contribution in [0.2, 0.25) is 0 Å². The van der Waals surface area contributed by atoms with E-state index in [1.807, 2.05) is 4.90 Å². The van der Waals surface area contributed by atoms with Crippen molar-refractivity contribution in [3.05, 3.63) is 0 Å². The number of hydrogen-bond acceptors (Lipinski definition) is 2. The normalized spacial score (nSPS) is 16.8. The van der Waals surface area contributed by atoms with Crippen molar-refractivity contribution in [2.24, 2.45) is 5.73 Å². The van der Waals surface area contributed by atoms with E-state index in [4.69, 9.17) is 0 Å². The van der Waals surface area contributed by atoms with E-state index in [0.29, 0.717) is 0 Å². The SMILES string of the molecule is CC(=O)N1CCCCC1.CN.[HH]. The summed E-state index contributed by atoms with van der Waals surface area (Å²) in [4.78, 5) is 12.6.